The highest BCUT2D eigenvalue weighted by atomic mass is 32.2. The number of β-amino-alcohol motifs (C(OH)–C–C–N with tert-alkyl or cyclic N) is 1. The predicted molar refractivity (Wildman–Crippen MR) is 33.0 cm³/mol. The van der Waals surface area contributed by atoms with Crippen molar-refractivity contribution >= 4 is 11.3 Å². The standard InChI is InChI=1S/C4H9NO3S/c6-4-1-2-5(3-4)9(7)8/h4,6H,1-3H2,(H,7,8)/t4-/m1/s1. The summed E-state index contributed by atoms with van der Waals surface area (Å²) in [4.78, 5) is 0. The van der Waals surface area contributed by atoms with Gasteiger partial charge >= 0.3 is 0 Å². The van der Waals surface area contributed by atoms with Crippen molar-refractivity contribution in [1.29, 1.82) is 0 Å². The van der Waals surface area contributed by atoms with Crippen LogP contribution in [0.2, 0.25) is 0 Å². The molecule has 2 atom stereocenters. The highest BCUT2D eigenvalue weighted by molar-refractivity contribution is 7.76. The van der Waals surface area contributed by atoms with Gasteiger partial charge in [-0.3, -0.25) is 4.55 Å². The Hall–Kier alpha value is 0.0300. The summed E-state index contributed by atoms with van der Waals surface area (Å²) in [5.74, 6) is 0. The van der Waals surface area contributed by atoms with Gasteiger partial charge in [-0.1, -0.05) is 0 Å². The third-order valence-electron chi connectivity index (χ3n) is 1.35. The van der Waals surface area contributed by atoms with Crippen molar-refractivity contribution < 1.29 is 13.9 Å². The van der Waals surface area contributed by atoms with E-state index in [-0.39, 0.29) is 0 Å². The maximum atomic E-state index is 10.3. The molecule has 0 aromatic heterocycles. The van der Waals surface area contributed by atoms with Crippen molar-refractivity contribution in [1.82, 2.24) is 4.31 Å². The monoisotopic (exact) mass is 151 g/mol. The quantitative estimate of drug-likeness (QED) is 0.482. The summed E-state index contributed by atoms with van der Waals surface area (Å²) >= 11 is -1.89. The van der Waals surface area contributed by atoms with Gasteiger partial charge in [-0.15, -0.1) is 0 Å². The molecule has 0 radical (unpaired) electrons. The molecule has 1 aliphatic heterocycles. The van der Waals surface area contributed by atoms with Gasteiger partial charge in [0, 0.05) is 13.1 Å². The van der Waals surface area contributed by atoms with Crippen LogP contribution in [0, 0.1) is 0 Å². The van der Waals surface area contributed by atoms with E-state index in [1.165, 1.54) is 4.31 Å². The fraction of sp³-hybridized carbons (Fsp3) is 1.00. The Morgan fingerprint density at radius 3 is 2.56 bits per heavy atom. The van der Waals surface area contributed by atoms with Crippen LogP contribution in [0.3, 0.4) is 0 Å². The summed E-state index contributed by atoms with van der Waals surface area (Å²) in [5, 5.41) is 8.86. The molecule has 9 heavy (non-hydrogen) atoms. The lowest BCUT2D eigenvalue weighted by Gasteiger charge is -2.06. The molecule has 54 valence electrons. The van der Waals surface area contributed by atoms with Crippen molar-refractivity contribution in [3.8, 4) is 0 Å². The number of aliphatic hydroxyl groups is 1. The zero-order valence-electron chi connectivity index (χ0n) is 4.86. The highest BCUT2D eigenvalue weighted by Crippen LogP contribution is 2.08. The molecule has 0 spiro atoms. The van der Waals surface area contributed by atoms with Crippen molar-refractivity contribution in [2.75, 3.05) is 13.1 Å². The minimum Gasteiger partial charge on any atom is -0.392 e. The fourth-order valence-corrected chi connectivity index (χ4v) is 1.41. The number of aliphatic hydroxyl groups excluding tert-OH is 1. The topological polar surface area (TPSA) is 60.8 Å². The van der Waals surface area contributed by atoms with Crippen molar-refractivity contribution in [3.63, 3.8) is 0 Å². The molecule has 0 aliphatic carbocycles. The molecule has 1 rings (SSSR count). The summed E-state index contributed by atoms with van der Waals surface area (Å²) in [6.07, 6.45) is 0.188. The molecule has 4 nitrogen and oxygen atoms in total. The predicted octanol–water partition coefficient (Wildman–Crippen LogP) is -0.810. The van der Waals surface area contributed by atoms with Gasteiger partial charge in [0.15, 0.2) is 0 Å². The van der Waals surface area contributed by atoms with Crippen molar-refractivity contribution in [2.24, 2.45) is 0 Å². The van der Waals surface area contributed by atoms with Gasteiger partial charge in [-0.05, 0) is 6.42 Å². The van der Waals surface area contributed by atoms with E-state index in [0.29, 0.717) is 19.5 Å². The first-order chi connectivity index (χ1) is 4.20. The van der Waals surface area contributed by atoms with E-state index in [2.05, 4.69) is 0 Å². The highest BCUT2D eigenvalue weighted by Gasteiger charge is 2.23. The Kier molecular flexibility index (Phi) is 2.18. The first-order valence-corrected chi connectivity index (χ1v) is 3.80. The average molecular weight is 151 g/mol. The number of hydrogen-bond donors (Lipinski definition) is 2. The van der Waals surface area contributed by atoms with Crippen molar-refractivity contribution in [3.05, 3.63) is 0 Å². The summed E-state index contributed by atoms with van der Waals surface area (Å²) in [5.41, 5.74) is 0. The van der Waals surface area contributed by atoms with E-state index < -0.39 is 17.4 Å². The summed E-state index contributed by atoms with van der Waals surface area (Å²) in [6, 6.07) is 0. The van der Waals surface area contributed by atoms with E-state index in [0.717, 1.165) is 0 Å². The van der Waals surface area contributed by atoms with Crippen LogP contribution in [0.25, 0.3) is 0 Å². The van der Waals surface area contributed by atoms with E-state index >= 15 is 0 Å². The Balaban J connectivity index is 2.39. The number of nitrogens with zero attached hydrogens (tertiary/aromatic N) is 1. The van der Waals surface area contributed by atoms with Gasteiger partial charge < -0.3 is 5.11 Å². The maximum absolute atomic E-state index is 10.3. The second kappa shape index (κ2) is 2.74. The smallest absolute Gasteiger partial charge is 0.234 e. The molecule has 1 heterocycles. The SMILES string of the molecule is O=S(O)N1CC[C@@H](O)C1. The molecule has 0 amide bonds. The maximum Gasteiger partial charge on any atom is 0.234 e. The Morgan fingerprint density at radius 1 is 1.67 bits per heavy atom. The largest absolute Gasteiger partial charge is 0.392 e. The molecular formula is C4H9NO3S. The Morgan fingerprint density at radius 2 is 2.33 bits per heavy atom. The zero-order chi connectivity index (χ0) is 6.85. The molecule has 1 aliphatic rings. The van der Waals surface area contributed by atoms with E-state index in [1.807, 2.05) is 0 Å². The van der Waals surface area contributed by atoms with Crippen LogP contribution in [-0.4, -0.2) is 37.4 Å². The lowest BCUT2D eigenvalue weighted by Crippen LogP contribution is -2.23. The Bertz CT molecular complexity index is 129. The molecule has 2 N–H and O–H groups in total. The summed E-state index contributed by atoms with van der Waals surface area (Å²) in [6.45, 7) is 0.841. The lowest BCUT2D eigenvalue weighted by atomic mass is 10.3. The normalized spacial score (nSPS) is 32.9. The molecule has 5 heteroatoms. The van der Waals surface area contributed by atoms with Crippen LogP contribution in [0.5, 0.6) is 0 Å². The van der Waals surface area contributed by atoms with Crippen LogP contribution in [0.4, 0.5) is 0 Å². The van der Waals surface area contributed by atoms with E-state index in [9.17, 15) is 4.21 Å². The lowest BCUT2D eigenvalue weighted by molar-refractivity contribution is 0.189. The van der Waals surface area contributed by atoms with Crippen LogP contribution in [0.15, 0.2) is 0 Å². The molecule has 0 bridgehead atoms. The van der Waals surface area contributed by atoms with Gasteiger partial charge in [0.2, 0.25) is 11.3 Å². The van der Waals surface area contributed by atoms with Gasteiger partial charge in [0.25, 0.3) is 0 Å². The summed E-state index contributed by atoms with van der Waals surface area (Å²) in [7, 11) is 0. The van der Waals surface area contributed by atoms with Gasteiger partial charge in [0.05, 0.1) is 6.10 Å². The first kappa shape index (κ1) is 7.14. The van der Waals surface area contributed by atoms with Gasteiger partial charge in [0.1, 0.15) is 0 Å². The first-order valence-electron chi connectivity index (χ1n) is 2.74. The van der Waals surface area contributed by atoms with Gasteiger partial charge in [-0.2, -0.15) is 4.31 Å². The number of rotatable bonds is 1. The molecular weight excluding hydrogens is 142 g/mol. The molecule has 1 saturated heterocycles. The molecule has 0 aromatic rings. The minimum absolute atomic E-state index is 0.323. The fourth-order valence-electron chi connectivity index (χ4n) is 0.853. The van der Waals surface area contributed by atoms with Crippen LogP contribution >= 0.6 is 0 Å². The third-order valence-corrected chi connectivity index (χ3v) is 2.12. The third kappa shape index (κ3) is 1.72. The molecule has 0 saturated carbocycles. The average Bonchev–Trinajstić information content (AvgIpc) is 2.14. The van der Waals surface area contributed by atoms with Crippen LogP contribution in [-0.2, 0) is 11.3 Å². The van der Waals surface area contributed by atoms with E-state index in [4.69, 9.17) is 9.66 Å². The molecule has 1 fully saturated rings. The van der Waals surface area contributed by atoms with Crippen LogP contribution in [0.1, 0.15) is 6.42 Å². The second-order valence-electron chi connectivity index (χ2n) is 2.06. The minimum atomic E-state index is -1.89. The van der Waals surface area contributed by atoms with E-state index in [1.54, 1.807) is 0 Å². The molecule has 1 unspecified atom stereocenters. The zero-order valence-corrected chi connectivity index (χ0v) is 5.67. The van der Waals surface area contributed by atoms with Gasteiger partial charge in [-0.25, -0.2) is 4.21 Å². The number of hydrogen-bond acceptors (Lipinski definition) is 2. The van der Waals surface area contributed by atoms with Crippen molar-refractivity contribution in [2.45, 2.75) is 12.5 Å². The molecule has 0 aromatic carbocycles. The second-order valence-corrected chi connectivity index (χ2v) is 3.04. The van der Waals surface area contributed by atoms with Crippen LogP contribution < -0.4 is 0 Å². The summed E-state index contributed by atoms with van der Waals surface area (Å²) < 4.78 is 20.1. The Labute approximate surface area is 55.9 Å².